The number of carbonyl (C=O) groups excluding carboxylic acids is 1. The Morgan fingerprint density at radius 2 is 1.58 bits per heavy atom. The summed E-state index contributed by atoms with van der Waals surface area (Å²) < 4.78 is 110. The zero-order valence-electron chi connectivity index (χ0n) is 28.4. The molecule has 3 aliphatic rings. The molecule has 3 aliphatic carbocycles. The smallest absolute Gasteiger partial charge is 0.462 e. The third-order valence-electron chi connectivity index (χ3n) is 10.7. The number of carbonyl (C=O) groups is 1. The van der Waals surface area contributed by atoms with E-state index in [2.05, 4.69) is 31.2 Å². The summed E-state index contributed by atoms with van der Waals surface area (Å²) in [7, 11) is -5.02. The molecule has 1 aromatic carbocycles. The molecule has 0 aromatic heterocycles. The molecule has 0 amide bonds. The van der Waals surface area contributed by atoms with E-state index in [-0.39, 0.29) is 74.6 Å². The maximum absolute atomic E-state index is 13.0. The summed E-state index contributed by atoms with van der Waals surface area (Å²) in [6.45, 7) is 3.89. The van der Waals surface area contributed by atoms with Crippen LogP contribution in [0.1, 0.15) is 121 Å². The molecule has 3 nitrogen and oxygen atoms in total. The second-order valence-corrected chi connectivity index (χ2v) is 15.5. The molecular weight excluding hydrogens is 690 g/mol. The van der Waals surface area contributed by atoms with Crippen molar-refractivity contribution in [3.63, 3.8) is 0 Å². The van der Waals surface area contributed by atoms with E-state index in [4.69, 9.17) is 4.74 Å². The Balaban J connectivity index is 0.00000151. The zero-order chi connectivity index (χ0) is 34.8. The quantitative estimate of drug-likeness (QED) is 0.0628. The van der Waals surface area contributed by atoms with Gasteiger partial charge in [0.15, 0.2) is 0 Å². The molecule has 0 spiro atoms. The third-order valence-corrected chi connectivity index (χ3v) is 12.2. The van der Waals surface area contributed by atoms with E-state index in [1.165, 1.54) is 37.3 Å². The van der Waals surface area contributed by atoms with Crippen LogP contribution < -0.4 is 51.4 Å². The van der Waals surface area contributed by atoms with Gasteiger partial charge in [0.1, 0.15) is 6.10 Å². The summed E-state index contributed by atoms with van der Waals surface area (Å²) in [5.41, 5.74) is 3.03. The van der Waals surface area contributed by atoms with Crippen molar-refractivity contribution in [3.8, 4) is 0 Å². The Hall–Kier alpha value is -0.0187. The molecular formula is C34H48BF8KO3S. The number of ether oxygens (including phenoxy) is 1. The van der Waals surface area contributed by atoms with Crippen LogP contribution in [-0.4, -0.2) is 47.4 Å². The molecule has 1 unspecified atom stereocenters. The first-order valence-electron chi connectivity index (χ1n) is 16.9. The molecule has 0 saturated heterocycles. The van der Waals surface area contributed by atoms with Crippen LogP contribution in [0, 0.1) is 29.2 Å². The fourth-order valence-corrected chi connectivity index (χ4v) is 9.74. The minimum atomic E-state index is -5.54. The van der Waals surface area contributed by atoms with Crippen molar-refractivity contribution in [2.75, 3.05) is 11.5 Å². The van der Waals surface area contributed by atoms with Crippen molar-refractivity contribution in [1.29, 1.82) is 0 Å². The molecule has 0 bridgehead atoms. The van der Waals surface area contributed by atoms with Crippen molar-refractivity contribution in [2.45, 2.75) is 134 Å². The molecule has 0 aliphatic heterocycles. The molecule has 4 rings (SSSR count). The van der Waals surface area contributed by atoms with Gasteiger partial charge in [0, 0.05) is 41.1 Å². The average Bonchev–Trinajstić information content (AvgIpc) is 3.30. The molecule has 2 saturated carbocycles. The molecule has 0 heterocycles. The SMILES string of the molecule is CC(=O)O[C@H]1CC[C@H]2[C@@H]3[C@H](CCCCCCCCCS(=O)CCCC(F)(F)C(F)(F)F)Cc4c[c-]ccc4[C@H]3CC[C@]12C.FB(F)F.[K+]. The van der Waals surface area contributed by atoms with Crippen molar-refractivity contribution >= 4 is 24.3 Å². The second kappa shape index (κ2) is 20.3. The summed E-state index contributed by atoms with van der Waals surface area (Å²) in [5, 5.41) is 0. The van der Waals surface area contributed by atoms with Crippen LogP contribution >= 0.6 is 0 Å². The summed E-state index contributed by atoms with van der Waals surface area (Å²) in [4.78, 5) is 11.8. The molecule has 0 N–H and O–H groups in total. The fourth-order valence-electron chi connectivity index (χ4n) is 8.54. The standard InChI is InChI=1S/C34H48F5O3S.BF3.K/c1-24(40)42-30-17-16-29-31-26(23-25-13-9-10-15-27(25)28(31)18-20-32(29,30)2)14-8-6-4-3-5-7-11-21-43(41)22-12-19-33(35,36)34(37,38)39;2-1(3)4;/h10,13,15,26,28-31H,3-8,11-12,14,16-23H2,1-2H3;;/q-1;;+1/t26-,28-,29+,30+,31-,32+,43?;;/m1../s1. The van der Waals surface area contributed by atoms with Gasteiger partial charge in [-0.2, -0.15) is 57.3 Å². The molecule has 268 valence electrons. The van der Waals surface area contributed by atoms with Crippen LogP contribution in [0.3, 0.4) is 0 Å². The van der Waals surface area contributed by atoms with Crippen LogP contribution in [0.4, 0.5) is 34.9 Å². The first kappa shape index (κ1) is 44.1. The summed E-state index contributed by atoms with van der Waals surface area (Å²) >= 11 is 0. The Morgan fingerprint density at radius 3 is 2.21 bits per heavy atom. The van der Waals surface area contributed by atoms with Crippen molar-refractivity contribution in [2.24, 2.45) is 23.2 Å². The maximum Gasteiger partial charge on any atom is 1.00 e. The van der Waals surface area contributed by atoms with Gasteiger partial charge in [-0.15, -0.1) is 0 Å². The largest absolute Gasteiger partial charge is 1.00 e. The minimum Gasteiger partial charge on any atom is -0.462 e. The number of hydrogen-bond acceptors (Lipinski definition) is 3. The van der Waals surface area contributed by atoms with E-state index in [1.54, 1.807) is 0 Å². The van der Waals surface area contributed by atoms with E-state index < -0.39 is 43.3 Å². The second-order valence-electron chi connectivity index (χ2n) is 13.8. The fraction of sp³-hybridized carbons (Fsp3) is 0.794. The Bertz CT molecular complexity index is 1160. The molecule has 1 aromatic rings. The van der Waals surface area contributed by atoms with Gasteiger partial charge >= 0.3 is 77.0 Å². The Morgan fingerprint density at radius 1 is 0.979 bits per heavy atom. The first-order valence-corrected chi connectivity index (χ1v) is 18.4. The van der Waals surface area contributed by atoms with Gasteiger partial charge < -0.3 is 4.74 Å². The van der Waals surface area contributed by atoms with Crippen molar-refractivity contribution < 1.29 is 100 Å². The van der Waals surface area contributed by atoms with Crippen molar-refractivity contribution in [1.82, 2.24) is 0 Å². The van der Waals surface area contributed by atoms with E-state index >= 15 is 0 Å². The molecule has 14 heteroatoms. The topological polar surface area (TPSA) is 43.4 Å². The van der Waals surface area contributed by atoms with Crippen LogP contribution in [-0.2, 0) is 26.8 Å². The van der Waals surface area contributed by atoms with Crippen LogP contribution in [0.15, 0.2) is 18.2 Å². The van der Waals surface area contributed by atoms with Gasteiger partial charge in [0.05, 0.1) is 0 Å². The predicted octanol–water partition coefficient (Wildman–Crippen LogP) is 7.23. The number of alkyl halides is 5. The van der Waals surface area contributed by atoms with Crippen molar-refractivity contribution in [3.05, 3.63) is 35.4 Å². The number of fused-ring (bicyclic) bond motifs is 5. The van der Waals surface area contributed by atoms with Gasteiger partial charge in [-0.05, 0) is 62.2 Å². The number of rotatable bonds is 15. The van der Waals surface area contributed by atoms with Crippen LogP contribution in [0.5, 0.6) is 0 Å². The third kappa shape index (κ3) is 12.6. The van der Waals surface area contributed by atoms with Crippen LogP contribution in [0.2, 0.25) is 0 Å². The summed E-state index contributed by atoms with van der Waals surface area (Å²) in [5.74, 6) is -2.24. The van der Waals surface area contributed by atoms with Gasteiger partial charge in [-0.1, -0.05) is 58.3 Å². The zero-order valence-corrected chi connectivity index (χ0v) is 32.3. The van der Waals surface area contributed by atoms with Crippen LogP contribution in [0.25, 0.3) is 0 Å². The normalized spacial score (nSPS) is 26.9. The number of benzene rings is 1. The number of unbranched alkanes of at least 4 members (excludes halogenated alkanes) is 6. The molecule has 0 radical (unpaired) electrons. The van der Waals surface area contributed by atoms with Gasteiger partial charge in [0.25, 0.3) is 0 Å². The van der Waals surface area contributed by atoms with Gasteiger partial charge in [0.2, 0.25) is 0 Å². The number of halogens is 8. The maximum atomic E-state index is 13.0. The molecule has 7 atom stereocenters. The summed E-state index contributed by atoms with van der Waals surface area (Å²) in [6.07, 6.45) is 6.63. The molecule has 48 heavy (non-hydrogen) atoms. The van der Waals surface area contributed by atoms with E-state index in [0.717, 1.165) is 57.8 Å². The number of hydrogen-bond donors (Lipinski definition) is 0. The predicted molar refractivity (Wildman–Crippen MR) is 168 cm³/mol. The Kier molecular flexibility index (Phi) is 18.7. The number of esters is 1. The monoisotopic (exact) mass is 738 g/mol. The van der Waals surface area contributed by atoms with E-state index in [0.29, 0.717) is 35.8 Å². The van der Waals surface area contributed by atoms with Gasteiger partial charge in [-0.25, -0.2) is 0 Å². The first-order chi connectivity index (χ1) is 22.1. The molecule has 2 fully saturated rings. The van der Waals surface area contributed by atoms with Gasteiger partial charge in [-0.3, -0.25) is 22.0 Å². The Labute approximate surface area is 326 Å². The van der Waals surface area contributed by atoms with E-state index in [1.807, 2.05) is 0 Å². The van der Waals surface area contributed by atoms with E-state index in [9.17, 15) is 43.9 Å². The minimum absolute atomic E-state index is 0. The summed E-state index contributed by atoms with van der Waals surface area (Å²) in [6, 6.07) is 9.83. The average molecular weight is 739 g/mol.